The van der Waals surface area contributed by atoms with Crippen molar-refractivity contribution in [2.45, 2.75) is 66.3 Å². The van der Waals surface area contributed by atoms with E-state index in [9.17, 15) is 0 Å². The van der Waals surface area contributed by atoms with Crippen molar-refractivity contribution in [1.82, 2.24) is 19.4 Å². The molecule has 1 aliphatic heterocycles. The van der Waals surface area contributed by atoms with Gasteiger partial charge in [0.1, 0.15) is 0 Å². The van der Waals surface area contributed by atoms with Crippen LogP contribution in [-0.4, -0.2) is 59.3 Å². The number of ether oxygens (including phenoxy) is 1. The first kappa shape index (κ1) is 32.0. The monoisotopic (exact) mass is 611 g/mol. The highest BCUT2D eigenvalue weighted by Gasteiger charge is 2.29. The molecule has 1 aromatic carbocycles. The molecule has 1 unspecified atom stereocenters. The van der Waals surface area contributed by atoms with Gasteiger partial charge in [-0.1, -0.05) is 46.4 Å². The number of hydrogen-bond donors (Lipinski definition) is 0. The van der Waals surface area contributed by atoms with Crippen LogP contribution in [0.3, 0.4) is 0 Å². The Morgan fingerprint density at radius 1 is 1.11 bits per heavy atom. The molecule has 0 radical (unpaired) electrons. The fraction of sp³-hybridized carbons (Fsp3) is 0.459. The van der Waals surface area contributed by atoms with Crippen LogP contribution in [0, 0.1) is 5.41 Å². The lowest BCUT2D eigenvalue weighted by Gasteiger charge is -2.34. The quantitative estimate of drug-likeness (QED) is 0.112. The molecule has 3 aromatic heterocycles. The number of allylic oxidation sites excluding steroid dienone is 1. The molecule has 0 N–H and O–H groups in total. The summed E-state index contributed by atoms with van der Waals surface area (Å²) in [6.07, 6.45) is 8.28. The van der Waals surface area contributed by atoms with E-state index in [1.165, 1.54) is 39.1 Å². The van der Waals surface area contributed by atoms with Crippen LogP contribution in [0.15, 0.2) is 61.3 Å². The summed E-state index contributed by atoms with van der Waals surface area (Å²) in [5.74, 6) is 0.341. The third kappa shape index (κ3) is 6.64. The molecule has 0 amide bonds. The minimum Gasteiger partial charge on any atom is -0.501 e. The van der Waals surface area contributed by atoms with E-state index < -0.39 is 0 Å². The maximum absolute atomic E-state index is 5.78. The fourth-order valence-corrected chi connectivity index (χ4v) is 7.15. The summed E-state index contributed by atoms with van der Waals surface area (Å²) < 4.78 is 8.30. The van der Waals surface area contributed by atoms with Crippen molar-refractivity contribution in [1.29, 1.82) is 0 Å². The van der Waals surface area contributed by atoms with Gasteiger partial charge in [0.05, 0.1) is 46.8 Å². The van der Waals surface area contributed by atoms with Gasteiger partial charge in [0.15, 0.2) is 0 Å². The van der Waals surface area contributed by atoms with E-state index in [-0.39, 0.29) is 5.41 Å². The Bertz CT molecular complexity index is 1610. The zero-order chi connectivity index (χ0) is 31.4. The Kier molecular flexibility index (Phi) is 9.96. The normalized spacial score (nSPS) is 15.1. The van der Waals surface area contributed by atoms with Crippen LogP contribution in [0.4, 0.5) is 5.69 Å². The Morgan fingerprint density at radius 2 is 1.89 bits per heavy atom. The predicted octanol–water partition coefficient (Wildman–Crippen LogP) is 8.57. The van der Waals surface area contributed by atoms with Gasteiger partial charge in [0, 0.05) is 72.0 Å². The largest absolute Gasteiger partial charge is 0.501 e. The predicted molar refractivity (Wildman–Crippen MR) is 188 cm³/mol. The number of anilines is 1. The van der Waals surface area contributed by atoms with Crippen molar-refractivity contribution >= 4 is 27.9 Å². The molecule has 1 aliphatic rings. The highest BCUT2D eigenvalue weighted by atomic mass is 32.1. The summed E-state index contributed by atoms with van der Waals surface area (Å²) in [4.78, 5) is 15.1. The molecule has 4 aromatic rings. The Morgan fingerprint density at radius 3 is 2.57 bits per heavy atom. The van der Waals surface area contributed by atoms with E-state index in [4.69, 9.17) is 14.7 Å². The summed E-state index contributed by atoms with van der Waals surface area (Å²) >= 11 is 1.70. The minimum atomic E-state index is -0.109. The number of thiazole rings is 1. The van der Waals surface area contributed by atoms with Crippen LogP contribution in [-0.2, 0) is 24.1 Å². The van der Waals surface area contributed by atoms with Gasteiger partial charge in [-0.15, -0.1) is 17.9 Å². The molecule has 1 atom stereocenters. The summed E-state index contributed by atoms with van der Waals surface area (Å²) in [5, 5.41) is 4.54. The standard InChI is InChI=1S/C37H49N5OS/c1-9-13-34-39-32(24-44-34)27-14-15-33-29(20-27)31(22-37(6,7)25-43-12-4)36(42(33)11-3)30-21-28(23-38-35(30)26(5)10-2)41-18-16-40(8)17-19-41/h9,12,14-15,20-21,23-24,26H,1,4,10-11,13,16-19,22,25H2,2-3,5-8H3. The van der Waals surface area contributed by atoms with Crippen LogP contribution in [0.5, 0.6) is 0 Å². The van der Waals surface area contributed by atoms with Gasteiger partial charge in [-0.25, -0.2) is 4.98 Å². The molecule has 4 heterocycles. The number of likely N-dealkylation sites (N-methyl/N-ethyl adjacent to an activating group) is 1. The lowest BCUT2D eigenvalue weighted by molar-refractivity contribution is 0.138. The number of pyridine rings is 1. The van der Waals surface area contributed by atoms with Crippen LogP contribution in [0.25, 0.3) is 33.4 Å². The van der Waals surface area contributed by atoms with Crippen molar-refractivity contribution in [2.24, 2.45) is 5.41 Å². The number of benzene rings is 1. The van der Waals surface area contributed by atoms with Gasteiger partial charge in [-0.3, -0.25) is 4.98 Å². The van der Waals surface area contributed by atoms with Crippen molar-refractivity contribution in [3.8, 4) is 22.5 Å². The smallest absolute Gasteiger partial charge is 0.0970 e. The highest BCUT2D eigenvalue weighted by molar-refractivity contribution is 7.10. The maximum Gasteiger partial charge on any atom is 0.0970 e. The average Bonchev–Trinajstić information content (AvgIpc) is 3.61. The number of nitrogens with zero attached hydrogens (tertiary/aromatic N) is 5. The first-order chi connectivity index (χ1) is 21.2. The maximum atomic E-state index is 5.78. The molecular weight excluding hydrogens is 563 g/mol. The first-order valence-corrected chi connectivity index (χ1v) is 16.9. The van der Waals surface area contributed by atoms with Crippen LogP contribution < -0.4 is 4.90 Å². The van der Waals surface area contributed by atoms with E-state index in [0.717, 1.165) is 68.3 Å². The minimum absolute atomic E-state index is 0.109. The number of hydrogen-bond acceptors (Lipinski definition) is 6. The second-order valence-electron chi connectivity index (χ2n) is 13.0. The lowest BCUT2D eigenvalue weighted by Crippen LogP contribution is -2.44. The second kappa shape index (κ2) is 13.7. The molecule has 0 aliphatic carbocycles. The van der Waals surface area contributed by atoms with Crippen molar-refractivity contribution in [3.63, 3.8) is 0 Å². The number of fused-ring (bicyclic) bond motifs is 1. The fourth-order valence-electron chi connectivity index (χ4n) is 6.35. The molecule has 1 fully saturated rings. The molecule has 234 valence electrons. The highest BCUT2D eigenvalue weighted by Crippen LogP contribution is 2.43. The van der Waals surface area contributed by atoms with Crippen molar-refractivity contribution in [3.05, 3.63) is 77.6 Å². The van der Waals surface area contributed by atoms with Crippen molar-refractivity contribution < 1.29 is 4.74 Å². The van der Waals surface area contributed by atoms with Crippen LogP contribution in [0.1, 0.15) is 63.2 Å². The summed E-state index contributed by atoms with van der Waals surface area (Å²) in [5.41, 5.74) is 9.61. The molecule has 0 bridgehead atoms. The van der Waals surface area contributed by atoms with E-state index in [1.54, 1.807) is 17.6 Å². The summed E-state index contributed by atoms with van der Waals surface area (Å²) in [6, 6.07) is 9.31. The second-order valence-corrected chi connectivity index (χ2v) is 13.9. The van der Waals surface area contributed by atoms with Gasteiger partial charge in [0.25, 0.3) is 0 Å². The van der Waals surface area contributed by atoms with Crippen LogP contribution >= 0.6 is 11.3 Å². The number of aryl methyl sites for hydroxylation is 1. The lowest BCUT2D eigenvalue weighted by atomic mass is 9.83. The Labute approximate surface area is 268 Å². The van der Waals surface area contributed by atoms with E-state index in [2.05, 4.69) is 105 Å². The zero-order valence-electron chi connectivity index (χ0n) is 27.5. The third-order valence-electron chi connectivity index (χ3n) is 9.00. The van der Waals surface area contributed by atoms with Gasteiger partial charge in [0.2, 0.25) is 0 Å². The van der Waals surface area contributed by atoms with Crippen molar-refractivity contribution in [2.75, 3.05) is 44.7 Å². The van der Waals surface area contributed by atoms with Gasteiger partial charge < -0.3 is 19.1 Å². The van der Waals surface area contributed by atoms with Gasteiger partial charge >= 0.3 is 0 Å². The topological polar surface area (TPSA) is 46.4 Å². The number of aromatic nitrogens is 3. The summed E-state index contributed by atoms with van der Waals surface area (Å²) in [7, 11) is 2.21. The average molecular weight is 612 g/mol. The molecule has 0 spiro atoms. The molecule has 6 nitrogen and oxygen atoms in total. The third-order valence-corrected chi connectivity index (χ3v) is 9.88. The van der Waals surface area contributed by atoms with E-state index in [1.807, 2.05) is 6.08 Å². The van der Waals surface area contributed by atoms with Crippen LogP contribution in [0.2, 0.25) is 0 Å². The molecule has 7 heteroatoms. The van der Waals surface area contributed by atoms with E-state index in [0.29, 0.717) is 12.5 Å². The van der Waals surface area contributed by atoms with Gasteiger partial charge in [-0.2, -0.15) is 0 Å². The molecule has 1 saturated heterocycles. The molecule has 5 rings (SSSR count). The molecule has 0 saturated carbocycles. The summed E-state index contributed by atoms with van der Waals surface area (Å²) in [6.45, 7) is 24.7. The zero-order valence-corrected chi connectivity index (χ0v) is 28.3. The number of piperazine rings is 1. The first-order valence-electron chi connectivity index (χ1n) is 16.1. The number of rotatable bonds is 13. The SMILES string of the molecule is C=CCc1nc(-c2ccc3c(c2)c(CC(C)(C)COC=C)c(-c2cc(N4CCN(C)CC4)cnc2C(C)CC)n3CC)cs1. The van der Waals surface area contributed by atoms with E-state index >= 15 is 0 Å². The molecule has 44 heavy (non-hydrogen) atoms. The Hall–Kier alpha value is -3.42. The Balaban J connectivity index is 1.75. The van der Waals surface area contributed by atoms with Gasteiger partial charge in [-0.05, 0) is 56.5 Å². The molecular formula is C37H49N5OS.